The van der Waals surface area contributed by atoms with Crippen molar-refractivity contribution in [2.24, 2.45) is 0 Å². The van der Waals surface area contributed by atoms with Gasteiger partial charge in [-0.15, -0.1) is 0 Å². The van der Waals surface area contributed by atoms with E-state index < -0.39 is 0 Å². The molecule has 0 saturated heterocycles. The van der Waals surface area contributed by atoms with Crippen LogP contribution in [0.1, 0.15) is 26.2 Å². The Bertz CT molecular complexity index is 1350. The molecule has 0 aliphatic carbocycles. The van der Waals surface area contributed by atoms with Crippen LogP contribution in [-0.2, 0) is 4.79 Å². The lowest BCUT2D eigenvalue weighted by Crippen LogP contribution is -2.11. The molecule has 4 heterocycles. The molecule has 0 saturated carbocycles. The minimum absolute atomic E-state index is 0.0154. The standard InChI is InChI=1S/C24H22N6O/c1-2-3-4-23(31)27-18-9-16(12-26-14-18)15-5-6-21-19(10-15)24(30-29-21)22-11-17-13-25-8-7-20(17)28-22/h5-14,28H,2-4H2,1H3,(H,27,31)(H,29,30). The van der Waals surface area contributed by atoms with E-state index in [2.05, 4.69) is 49.5 Å². The largest absolute Gasteiger partial charge is 0.353 e. The fraction of sp³-hybridized carbons (Fsp3) is 0.167. The fourth-order valence-electron chi connectivity index (χ4n) is 3.73. The zero-order valence-electron chi connectivity index (χ0n) is 17.1. The number of nitrogens with one attached hydrogen (secondary N) is 3. The van der Waals surface area contributed by atoms with Gasteiger partial charge in [-0.3, -0.25) is 19.9 Å². The van der Waals surface area contributed by atoms with Crippen molar-refractivity contribution in [3.05, 3.63) is 61.2 Å². The molecule has 5 rings (SSSR count). The number of pyridine rings is 2. The SMILES string of the molecule is CCCCC(=O)Nc1cncc(-c2ccc3[nH]nc(-c4cc5cnccc5[nH]4)c3c2)c1. The number of fused-ring (bicyclic) bond motifs is 2. The Kier molecular flexibility index (Phi) is 4.92. The molecule has 7 heteroatoms. The van der Waals surface area contributed by atoms with Crippen LogP contribution >= 0.6 is 0 Å². The van der Waals surface area contributed by atoms with Gasteiger partial charge in [0.05, 0.1) is 23.1 Å². The van der Waals surface area contributed by atoms with E-state index in [9.17, 15) is 4.79 Å². The first-order chi connectivity index (χ1) is 15.2. The molecule has 0 unspecified atom stereocenters. The number of H-pyrrole nitrogens is 2. The van der Waals surface area contributed by atoms with Crippen LogP contribution in [0.2, 0.25) is 0 Å². The van der Waals surface area contributed by atoms with Crippen LogP contribution in [0.4, 0.5) is 5.69 Å². The van der Waals surface area contributed by atoms with Gasteiger partial charge in [-0.25, -0.2) is 0 Å². The number of nitrogens with zero attached hydrogens (tertiary/aromatic N) is 3. The van der Waals surface area contributed by atoms with Crippen LogP contribution in [0.15, 0.2) is 61.2 Å². The monoisotopic (exact) mass is 410 g/mol. The van der Waals surface area contributed by atoms with Gasteiger partial charge in [0.25, 0.3) is 0 Å². The number of rotatable bonds is 6. The molecular formula is C24H22N6O. The van der Waals surface area contributed by atoms with Gasteiger partial charge in [0.2, 0.25) is 5.91 Å². The molecule has 1 amide bonds. The van der Waals surface area contributed by atoms with E-state index in [0.717, 1.165) is 57.2 Å². The van der Waals surface area contributed by atoms with Gasteiger partial charge in [0.15, 0.2) is 0 Å². The van der Waals surface area contributed by atoms with Gasteiger partial charge in [-0.2, -0.15) is 5.10 Å². The average molecular weight is 410 g/mol. The minimum atomic E-state index is 0.0154. The van der Waals surface area contributed by atoms with E-state index in [1.165, 1.54) is 0 Å². The van der Waals surface area contributed by atoms with Gasteiger partial charge in [-0.05, 0) is 42.3 Å². The van der Waals surface area contributed by atoms with Crippen LogP contribution in [-0.4, -0.2) is 31.1 Å². The molecule has 0 spiro atoms. The average Bonchev–Trinajstić information content (AvgIpc) is 3.41. The molecule has 1 aromatic carbocycles. The maximum absolute atomic E-state index is 12.1. The third kappa shape index (κ3) is 3.77. The lowest BCUT2D eigenvalue weighted by molar-refractivity contribution is -0.116. The molecular weight excluding hydrogens is 388 g/mol. The van der Waals surface area contributed by atoms with Crippen molar-refractivity contribution in [1.29, 1.82) is 0 Å². The maximum atomic E-state index is 12.1. The summed E-state index contributed by atoms with van der Waals surface area (Å²) < 4.78 is 0. The summed E-state index contributed by atoms with van der Waals surface area (Å²) in [7, 11) is 0. The molecule has 0 atom stereocenters. The van der Waals surface area contributed by atoms with Crippen molar-refractivity contribution in [3.8, 4) is 22.5 Å². The summed E-state index contributed by atoms with van der Waals surface area (Å²) in [6.07, 6.45) is 9.47. The summed E-state index contributed by atoms with van der Waals surface area (Å²) in [6.45, 7) is 2.07. The van der Waals surface area contributed by atoms with Gasteiger partial charge in [-0.1, -0.05) is 19.4 Å². The lowest BCUT2D eigenvalue weighted by atomic mass is 10.0. The third-order valence-electron chi connectivity index (χ3n) is 5.35. The summed E-state index contributed by atoms with van der Waals surface area (Å²) in [5.74, 6) is 0.0154. The number of aromatic nitrogens is 5. The Hall–Kier alpha value is -4.00. The lowest BCUT2D eigenvalue weighted by Gasteiger charge is -2.07. The predicted octanol–water partition coefficient (Wildman–Crippen LogP) is 5.30. The number of hydrogen-bond donors (Lipinski definition) is 3. The van der Waals surface area contributed by atoms with Crippen molar-refractivity contribution in [1.82, 2.24) is 25.1 Å². The molecule has 5 aromatic rings. The van der Waals surface area contributed by atoms with Crippen LogP contribution in [0.3, 0.4) is 0 Å². The van der Waals surface area contributed by atoms with E-state index in [-0.39, 0.29) is 5.91 Å². The van der Waals surface area contributed by atoms with Gasteiger partial charge < -0.3 is 10.3 Å². The van der Waals surface area contributed by atoms with Crippen molar-refractivity contribution in [2.45, 2.75) is 26.2 Å². The Balaban J connectivity index is 1.49. The number of anilines is 1. The van der Waals surface area contributed by atoms with Gasteiger partial charge in [0, 0.05) is 46.9 Å². The molecule has 0 radical (unpaired) electrons. The van der Waals surface area contributed by atoms with E-state index in [1.807, 2.05) is 30.5 Å². The van der Waals surface area contributed by atoms with E-state index in [0.29, 0.717) is 12.1 Å². The number of hydrogen-bond acceptors (Lipinski definition) is 4. The zero-order chi connectivity index (χ0) is 21.2. The van der Waals surface area contributed by atoms with E-state index in [1.54, 1.807) is 18.6 Å². The van der Waals surface area contributed by atoms with Gasteiger partial charge in [0.1, 0.15) is 5.69 Å². The second-order valence-electron chi connectivity index (χ2n) is 7.59. The Morgan fingerprint density at radius 1 is 1.00 bits per heavy atom. The number of carbonyl (C=O) groups excluding carboxylic acids is 1. The molecule has 3 N–H and O–H groups in total. The van der Waals surface area contributed by atoms with Crippen LogP contribution in [0.25, 0.3) is 44.3 Å². The molecule has 0 bridgehead atoms. The highest BCUT2D eigenvalue weighted by atomic mass is 16.1. The highest BCUT2D eigenvalue weighted by Crippen LogP contribution is 2.32. The van der Waals surface area contributed by atoms with E-state index >= 15 is 0 Å². The molecule has 0 fully saturated rings. The highest BCUT2D eigenvalue weighted by Gasteiger charge is 2.13. The molecule has 154 valence electrons. The first-order valence-electron chi connectivity index (χ1n) is 10.4. The molecule has 0 aliphatic rings. The summed E-state index contributed by atoms with van der Waals surface area (Å²) in [6, 6.07) is 12.1. The number of aromatic amines is 2. The summed E-state index contributed by atoms with van der Waals surface area (Å²) in [5, 5.41) is 12.6. The third-order valence-corrected chi connectivity index (χ3v) is 5.35. The Morgan fingerprint density at radius 3 is 2.81 bits per heavy atom. The second kappa shape index (κ2) is 8.02. The normalized spacial score (nSPS) is 11.3. The molecule has 0 aliphatic heterocycles. The van der Waals surface area contributed by atoms with Crippen molar-refractivity contribution in [3.63, 3.8) is 0 Å². The Morgan fingerprint density at radius 2 is 1.94 bits per heavy atom. The van der Waals surface area contributed by atoms with Crippen molar-refractivity contribution >= 4 is 33.4 Å². The summed E-state index contributed by atoms with van der Waals surface area (Å²) >= 11 is 0. The molecule has 31 heavy (non-hydrogen) atoms. The van der Waals surface area contributed by atoms with Crippen LogP contribution < -0.4 is 5.32 Å². The maximum Gasteiger partial charge on any atom is 0.224 e. The topological polar surface area (TPSA) is 99.3 Å². The van der Waals surface area contributed by atoms with E-state index in [4.69, 9.17) is 0 Å². The molecule has 7 nitrogen and oxygen atoms in total. The first kappa shape index (κ1) is 19.0. The zero-order valence-corrected chi connectivity index (χ0v) is 17.1. The number of carbonyl (C=O) groups is 1. The predicted molar refractivity (Wildman–Crippen MR) is 123 cm³/mol. The summed E-state index contributed by atoms with van der Waals surface area (Å²) in [5.41, 5.74) is 6.40. The van der Waals surface area contributed by atoms with Crippen molar-refractivity contribution < 1.29 is 4.79 Å². The number of amides is 1. The van der Waals surface area contributed by atoms with Crippen molar-refractivity contribution in [2.75, 3.05) is 5.32 Å². The smallest absolute Gasteiger partial charge is 0.224 e. The second-order valence-corrected chi connectivity index (χ2v) is 7.59. The van der Waals surface area contributed by atoms with Crippen LogP contribution in [0, 0.1) is 0 Å². The van der Waals surface area contributed by atoms with Gasteiger partial charge >= 0.3 is 0 Å². The number of benzene rings is 1. The minimum Gasteiger partial charge on any atom is -0.353 e. The highest BCUT2D eigenvalue weighted by molar-refractivity contribution is 5.98. The number of unbranched alkanes of at least 4 members (excludes halogenated alkanes) is 1. The first-order valence-corrected chi connectivity index (χ1v) is 10.4. The molecule has 4 aromatic heterocycles. The fourth-order valence-corrected chi connectivity index (χ4v) is 3.73. The quantitative estimate of drug-likeness (QED) is 0.354. The summed E-state index contributed by atoms with van der Waals surface area (Å²) in [4.78, 5) is 24.0. The van der Waals surface area contributed by atoms with Crippen LogP contribution in [0.5, 0.6) is 0 Å². The Labute approximate surface area is 178 Å².